The van der Waals surface area contributed by atoms with E-state index in [0.29, 0.717) is 0 Å². The first-order valence-corrected chi connectivity index (χ1v) is 5.74. The van der Waals surface area contributed by atoms with Gasteiger partial charge in [-0.1, -0.05) is 36.4 Å². The number of hydrogen-bond acceptors (Lipinski definition) is 0. The van der Waals surface area contributed by atoms with E-state index in [1.54, 1.807) is 0 Å². The maximum atomic E-state index is 2.30. The van der Waals surface area contributed by atoms with E-state index in [-0.39, 0.29) is 20.3 Å². The van der Waals surface area contributed by atoms with Gasteiger partial charge in [0.2, 0.25) is 0 Å². The normalized spacial score (nSPS) is 9.88. The first kappa shape index (κ1) is 14.1. The standard InChI is InChI=1S/C16H18.Li.H/c1-11-10-16(14(4)13(3)12(11)2)15-8-6-5-7-9-15;;/h5-10H,1-4H3;;/q;+1;-1. The third-order valence-corrected chi connectivity index (χ3v) is 3.57. The van der Waals surface area contributed by atoms with Crippen molar-refractivity contribution in [1.29, 1.82) is 0 Å². The molecule has 0 fully saturated rings. The van der Waals surface area contributed by atoms with Crippen LogP contribution < -0.4 is 18.9 Å². The quantitative estimate of drug-likeness (QED) is 0.639. The fourth-order valence-corrected chi connectivity index (χ4v) is 2.13. The van der Waals surface area contributed by atoms with Crippen LogP contribution in [0.15, 0.2) is 36.4 Å². The molecule has 2 aromatic rings. The summed E-state index contributed by atoms with van der Waals surface area (Å²) in [7, 11) is 0. The number of hydrogen-bond donors (Lipinski definition) is 0. The van der Waals surface area contributed by atoms with E-state index in [1.165, 1.54) is 33.4 Å². The second kappa shape index (κ2) is 5.58. The van der Waals surface area contributed by atoms with Gasteiger partial charge in [0.25, 0.3) is 0 Å². The second-order valence-corrected chi connectivity index (χ2v) is 4.48. The van der Waals surface area contributed by atoms with E-state index < -0.39 is 0 Å². The van der Waals surface area contributed by atoms with Crippen molar-refractivity contribution in [3.05, 3.63) is 58.7 Å². The van der Waals surface area contributed by atoms with Crippen LogP contribution >= 0.6 is 0 Å². The van der Waals surface area contributed by atoms with Crippen LogP contribution in [-0.2, 0) is 0 Å². The van der Waals surface area contributed by atoms with Crippen LogP contribution in [0.5, 0.6) is 0 Å². The number of rotatable bonds is 1. The van der Waals surface area contributed by atoms with Gasteiger partial charge in [0.05, 0.1) is 0 Å². The zero-order chi connectivity index (χ0) is 11.7. The Labute approximate surface area is 118 Å². The molecule has 2 rings (SSSR count). The predicted molar refractivity (Wildman–Crippen MR) is 71.9 cm³/mol. The summed E-state index contributed by atoms with van der Waals surface area (Å²) in [6, 6.07) is 12.9. The van der Waals surface area contributed by atoms with Gasteiger partial charge in [0, 0.05) is 0 Å². The van der Waals surface area contributed by atoms with Crippen molar-refractivity contribution >= 4 is 0 Å². The molecule has 0 aliphatic heterocycles. The summed E-state index contributed by atoms with van der Waals surface area (Å²) in [6.07, 6.45) is 0. The largest absolute Gasteiger partial charge is 1.00 e. The van der Waals surface area contributed by atoms with Crippen LogP contribution in [0.4, 0.5) is 0 Å². The summed E-state index contributed by atoms with van der Waals surface area (Å²) >= 11 is 0. The van der Waals surface area contributed by atoms with Crippen LogP contribution in [0, 0.1) is 27.7 Å². The zero-order valence-corrected chi connectivity index (χ0v) is 11.5. The molecule has 0 heterocycles. The molecule has 17 heavy (non-hydrogen) atoms. The smallest absolute Gasteiger partial charge is 1.00 e. The summed E-state index contributed by atoms with van der Waals surface area (Å²) in [4.78, 5) is 0. The molecule has 0 aliphatic rings. The third-order valence-electron chi connectivity index (χ3n) is 3.57. The molecule has 0 N–H and O–H groups in total. The molecule has 0 atom stereocenters. The fourth-order valence-electron chi connectivity index (χ4n) is 2.13. The number of aryl methyl sites for hydroxylation is 1. The summed E-state index contributed by atoms with van der Waals surface area (Å²) in [6.45, 7) is 8.81. The average Bonchev–Trinajstić information content (AvgIpc) is 2.32. The molecule has 84 valence electrons. The van der Waals surface area contributed by atoms with Gasteiger partial charge in [-0.05, 0) is 61.1 Å². The van der Waals surface area contributed by atoms with Crippen LogP contribution in [-0.4, -0.2) is 0 Å². The maximum absolute atomic E-state index is 2.30. The maximum Gasteiger partial charge on any atom is 1.00 e. The van der Waals surface area contributed by atoms with E-state index in [1.807, 2.05) is 0 Å². The molecule has 0 bridgehead atoms. The summed E-state index contributed by atoms with van der Waals surface area (Å²) < 4.78 is 0. The Kier molecular flexibility index (Phi) is 4.63. The second-order valence-electron chi connectivity index (χ2n) is 4.48. The predicted octanol–water partition coefficient (Wildman–Crippen LogP) is 1.70. The van der Waals surface area contributed by atoms with Gasteiger partial charge in [-0.2, -0.15) is 0 Å². The SMILES string of the molecule is Cc1cc(-c2ccccc2)c(C)c(C)c1C.[H-].[Li+]. The van der Waals surface area contributed by atoms with Crippen molar-refractivity contribution in [2.45, 2.75) is 27.7 Å². The van der Waals surface area contributed by atoms with Crippen molar-refractivity contribution in [3.8, 4) is 11.1 Å². The van der Waals surface area contributed by atoms with Crippen molar-refractivity contribution in [1.82, 2.24) is 0 Å². The van der Waals surface area contributed by atoms with E-state index in [4.69, 9.17) is 0 Å². The van der Waals surface area contributed by atoms with Crippen LogP contribution in [0.3, 0.4) is 0 Å². The summed E-state index contributed by atoms with van der Waals surface area (Å²) in [5.74, 6) is 0. The molecule has 0 saturated heterocycles. The Hall–Kier alpha value is -0.963. The molecule has 0 saturated carbocycles. The Morgan fingerprint density at radius 2 is 1.35 bits per heavy atom. The van der Waals surface area contributed by atoms with Crippen LogP contribution in [0.1, 0.15) is 23.7 Å². The molecule has 0 aliphatic carbocycles. The monoisotopic (exact) mass is 218 g/mol. The molecule has 1 heteroatoms. The van der Waals surface area contributed by atoms with Crippen LogP contribution in [0.25, 0.3) is 11.1 Å². The fraction of sp³-hybridized carbons (Fsp3) is 0.250. The molecule has 0 amide bonds. The number of benzene rings is 2. The Morgan fingerprint density at radius 1 is 0.765 bits per heavy atom. The van der Waals surface area contributed by atoms with Gasteiger partial charge in [0.15, 0.2) is 0 Å². The molecule has 0 nitrogen and oxygen atoms in total. The first-order valence-electron chi connectivity index (χ1n) is 5.74. The molecule has 2 aromatic carbocycles. The van der Waals surface area contributed by atoms with Gasteiger partial charge < -0.3 is 1.43 Å². The molecular weight excluding hydrogens is 199 g/mol. The minimum Gasteiger partial charge on any atom is -1.00 e. The van der Waals surface area contributed by atoms with E-state index in [2.05, 4.69) is 64.1 Å². The summed E-state index contributed by atoms with van der Waals surface area (Å²) in [5, 5.41) is 0. The molecule has 0 radical (unpaired) electrons. The molecule has 0 spiro atoms. The van der Waals surface area contributed by atoms with E-state index in [0.717, 1.165) is 0 Å². The van der Waals surface area contributed by atoms with E-state index in [9.17, 15) is 0 Å². The van der Waals surface area contributed by atoms with Crippen LogP contribution in [0.2, 0.25) is 0 Å². The van der Waals surface area contributed by atoms with Gasteiger partial charge in [-0.15, -0.1) is 0 Å². The molecular formula is C16H19Li. The summed E-state index contributed by atoms with van der Waals surface area (Å²) in [5.41, 5.74) is 8.28. The minimum absolute atomic E-state index is 0. The van der Waals surface area contributed by atoms with Gasteiger partial charge in [0.1, 0.15) is 0 Å². The Balaban J connectivity index is 0.00000144. The van der Waals surface area contributed by atoms with Crippen molar-refractivity contribution < 1.29 is 20.3 Å². The zero-order valence-electron chi connectivity index (χ0n) is 12.5. The van der Waals surface area contributed by atoms with Gasteiger partial charge in [-0.3, -0.25) is 0 Å². The topological polar surface area (TPSA) is 0 Å². The van der Waals surface area contributed by atoms with E-state index >= 15 is 0 Å². The third kappa shape index (κ3) is 2.65. The molecule has 0 unspecified atom stereocenters. The van der Waals surface area contributed by atoms with Crippen molar-refractivity contribution in [2.24, 2.45) is 0 Å². The average molecular weight is 218 g/mol. The van der Waals surface area contributed by atoms with Crippen molar-refractivity contribution in [3.63, 3.8) is 0 Å². The first-order chi connectivity index (χ1) is 7.61. The van der Waals surface area contributed by atoms with Crippen molar-refractivity contribution in [2.75, 3.05) is 0 Å². The van der Waals surface area contributed by atoms with Gasteiger partial charge in [-0.25, -0.2) is 0 Å². The Morgan fingerprint density at radius 3 is 1.94 bits per heavy atom. The Bertz CT molecular complexity index is 518. The van der Waals surface area contributed by atoms with Gasteiger partial charge >= 0.3 is 18.9 Å². The minimum atomic E-state index is 0. The molecule has 0 aromatic heterocycles.